The molecule has 0 radical (unpaired) electrons. The second-order valence-electron chi connectivity index (χ2n) is 5.03. The first-order chi connectivity index (χ1) is 9.72. The van der Waals surface area contributed by atoms with Gasteiger partial charge in [-0.25, -0.2) is 0 Å². The van der Waals surface area contributed by atoms with E-state index in [0.29, 0.717) is 13.2 Å². The Morgan fingerprint density at radius 2 is 1.90 bits per heavy atom. The molecule has 106 valence electrons. The lowest BCUT2D eigenvalue weighted by Crippen LogP contribution is -2.19. The molecule has 0 saturated heterocycles. The number of hydrogen-bond acceptors (Lipinski definition) is 4. The first kappa shape index (κ1) is 13.1. The summed E-state index contributed by atoms with van der Waals surface area (Å²) in [4.78, 5) is 0. The second kappa shape index (κ2) is 5.59. The van der Waals surface area contributed by atoms with E-state index in [0.717, 1.165) is 29.6 Å². The molecule has 4 heteroatoms. The average molecular weight is 273 g/mol. The molecule has 1 N–H and O–H groups in total. The second-order valence-corrected chi connectivity index (χ2v) is 5.03. The van der Waals surface area contributed by atoms with Crippen LogP contribution < -0.4 is 14.8 Å². The number of aryl methyl sites for hydroxylation is 1. The van der Waals surface area contributed by atoms with E-state index in [1.165, 1.54) is 5.56 Å². The molecule has 0 fully saturated rings. The highest BCUT2D eigenvalue weighted by molar-refractivity contribution is 5.43. The van der Waals surface area contributed by atoms with E-state index in [1.54, 1.807) is 0 Å². The number of rotatable bonds is 4. The molecule has 1 aliphatic rings. The van der Waals surface area contributed by atoms with Crippen LogP contribution in [0.4, 0.5) is 0 Å². The van der Waals surface area contributed by atoms with E-state index in [9.17, 15) is 0 Å². The third-order valence-corrected chi connectivity index (χ3v) is 3.41. The molecule has 0 bridgehead atoms. The van der Waals surface area contributed by atoms with Gasteiger partial charge in [-0.3, -0.25) is 0 Å². The number of fused-ring (bicyclic) bond motifs is 1. The molecule has 20 heavy (non-hydrogen) atoms. The Kier molecular flexibility index (Phi) is 3.65. The van der Waals surface area contributed by atoms with E-state index in [1.807, 2.05) is 31.2 Å². The third kappa shape index (κ3) is 2.80. The maximum Gasteiger partial charge on any atom is 0.161 e. The quantitative estimate of drug-likeness (QED) is 0.929. The summed E-state index contributed by atoms with van der Waals surface area (Å²) >= 11 is 0. The molecule has 3 rings (SSSR count). The largest absolute Gasteiger partial charge is 0.486 e. The molecule has 1 aliphatic heterocycles. The molecule has 2 heterocycles. The van der Waals surface area contributed by atoms with Crippen molar-refractivity contribution in [2.24, 2.45) is 0 Å². The predicted octanol–water partition coefficient (Wildman–Crippen LogP) is 3.21. The highest BCUT2D eigenvalue weighted by Gasteiger charge is 2.13. The molecule has 1 atom stereocenters. The van der Waals surface area contributed by atoms with Crippen LogP contribution in [0.25, 0.3) is 0 Å². The van der Waals surface area contributed by atoms with Gasteiger partial charge in [0.15, 0.2) is 11.5 Å². The molecule has 1 unspecified atom stereocenters. The van der Waals surface area contributed by atoms with Crippen molar-refractivity contribution >= 4 is 0 Å². The van der Waals surface area contributed by atoms with Crippen LogP contribution in [0.5, 0.6) is 11.5 Å². The molecule has 2 aromatic rings. The number of furan rings is 1. The van der Waals surface area contributed by atoms with Gasteiger partial charge in [0.05, 0.1) is 6.04 Å². The van der Waals surface area contributed by atoms with Crippen molar-refractivity contribution in [2.75, 3.05) is 13.2 Å². The monoisotopic (exact) mass is 273 g/mol. The van der Waals surface area contributed by atoms with Crippen molar-refractivity contribution in [2.45, 2.75) is 26.4 Å². The topological polar surface area (TPSA) is 43.6 Å². The summed E-state index contributed by atoms with van der Waals surface area (Å²) in [6.45, 7) is 6.05. The molecular formula is C16H19NO3. The first-order valence-electron chi connectivity index (χ1n) is 6.90. The zero-order valence-electron chi connectivity index (χ0n) is 11.8. The summed E-state index contributed by atoms with van der Waals surface area (Å²) < 4.78 is 16.7. The van der Waals surface area contributed by atoms with Crippen molar-refractivity contribution in [1.29, 1.82) is 0 Å². The van der Waals surface area contributed by atoms with Crippen molar-refractivity contribution in [3.63, 3.8) is 0 Å². The van der Waals surface area contributed by atoms with Gasteiger partial charge in [-0.2, -0.15) is 0 Å². The number of benzene rings is 1. The van der Waals surface area contributed by atoms with Crippen LogP contribution >= 0.6 is 0 Å². The molecule has 0 amide bonds. The van der Waals surface area contributed by atoms with Crippen molar-refractivity contribution in [3.8, 4) is 11.5 Å². The highest BCUT2D eigenvalue weighted by Crippen LogP contribution is 2.30. The summed E-state index contributed by atoms with van der Waals surface area (Å²) in [6, 6.07) is 10.2. The lowest BCUT2D eigenvalue weighted by molar-refractivity contribution is 0.171. The SMILES string of the molecule is Cc1ccc(C(C)NCc2ccc3c(c2)OCCO3)o1. The van der Waals surface area contributed by atoms with Crippen LogP contribution in [-0.4, -0.2) is 13.2 Å². The van der Waals surface area contributed by atoms with E-state index in [4.69, 9.17) is 13.9 Å². The number of hydrogen-bond donors (Lipinski definition) is 1. The van der Waals surface area contributed by atoms with Gasteiger partial charge in [-0.05, 0) is 43.7 Å². The van der Waals surface area contributed by atoms with Gasteiger partial charge in [0.2, 0.25) is 0 Å². The Morgan fingerprint density at radius 1 is 1.10 bits per heavy atom. The van der Waals surface area contributed by atoms with Gasteiger partial charge in [0, 0.05) is 6.54 Å². The molecule has 0 aliphatic carbocycles. The van der Waals surface area contributed by atoms with Crippen LogP contribution in [0.1, 0.15) is 30.0 Å². The smallest absolute Gasteiger partial charge is 0.161 e. The lowest BCUT2D eigenvalue weighted by Gasteiger charge is -2.19. The molecule has 1 aromatic heterocycles. The van der Waals surface area contributed by atoms with Gasteiger partial charge in [0.25, 0.3) is 0 Å². The van der Waals surface area contributed by atoms with Crippen molar-refractivity contribution in [3.05, 3.63) is 47.4 Å². The fraction of sp³-hybridized carbons (Fsp3) is 0.375. The molecule has 4 nitrogen and oxygen atoms in total. The molecule has 1 aromatic carbocycles. The Bertz CT molecular complexity index is 591. The summed E-state index contributed by atoms with van der Waals surface area (Å²) in [5, 5.41) is 3.45. The van der Waals surface area contributed by atoms with Crippen LogP contribution in [-0.2, 0) is 6.54 Å². The summed E-state index contributed by atoms with van der Waals surface area (Å²) in [5.41, 5.74) is 1.17. The average Bonchev–Trinajstić information content (AvgIpc) is 2.91. The highest BCUT2D eigenvalue weighted by atomic mass is 16.6. The third-order valence-electron chi connectivity index (χ3n) is 3.41. The fourth-order valence-electron chi connectivity index (χ4n) is 2.26. The van der Waals surface area contributed by atoms with Crippen LogP contribution in [0, 0.1) is 6.92 Å². The standard InChI is InChI=1S/C16H19NO3/c1-11-3-5-14(20-11)12(2)17-10-13-4-6-15-16(9-13)19-8-7-18-15/h3-6,9,12,17H,7-8,10H2,1-2H3. The summed E-state index contributed by atoms with van der Waals surface area (Å²) in [6.07, 6.45) is 0. The van der Waals surface area contributed by atoms with Gasteiger partial charge in [-0.1, -0.05) is 6.07 Å². The van der Waals surface area contributed by atoms with Crippen LogP contribution in [0.2, 0.25) is 0 Å². The van der Waals surface area contributed by atoms with Gasteiger partial charge in [0.1, 0.15) is 24.7 Å². The van der Waals surface area contributed by atoms with Gasteiger partial charge >= 0.3 is 0 Å². The van der Waals surface area contributed by atoms with E-state index in [2.05, 4.69) is 18.3 Å². The van der Waals surface area contributed by atoms with Gasteiger partial charge in [-0.15, -0.1) is 0 Å². The predicted molar refractivity (Wildman–Crippen MR) is 76.1 cm³/mol. The summed E-state index contributed by atoms with van der Waals surface area (Å²) in [5.74, 6) is 3.56. The van der Waals surface area contributed by atoms with Crippen molar-refractivity contribution < 1.29 is 13.9 Å². The van der Waals surface area contributed by atoms with Crippen molar-refractivity contribution in [1.82, 2.24) is 5.32 Å². The summed E-state index contributed by atoms with van der Waals surface area (Å²) in [7, 11) is 0. The first-order valence-corrected chi connectivity index (χ1v) is 6.90. The Morgan fingerprint density at radius 3 is 2.65 bits per heavy atom. The van der Waals surface area contributed by atoms with Crippen LogP contribution in [0.3, 0.4) is 0 Å². The maximum absolute atomic E-state index is 5.62. The Labute approximate surface area is 118 Å². The van der Waals surface area contributed by atoms with E-state index >= 15 is 0 Å². The van der Waals surface area contributed by atoms with E-state index in [-0.39, 0.29) is 6.04 Å². The maximum atomic E-state index is 5.62. The number of nitrogens with one attached hydrogen (secondary N) is 1. The Balaban J connectivity index is 1.63. The minimum Gasteiger partial charge on any atom is -0.486 e. The normalized spacial score (nSPS) is 15.1. The lowest BCUT2D eigenvalue weighted by atomic mass is 10.1. The fourth-order valence-corrected chi connectivity index (χ4v) is 2.26. The minimum atomic E-state index is 0.178. The molecule has 0 spiro atoms. The van der Waals surface area contributed by atoms with E-state index < -0.39 is 0 Å². The minimum absolute atomic E-state index is 0.178. The zero-order chi connectivity index (χ0) is 13.9. The molecular weight excluding hydrogens is 254 g/mol. The van der Waals surface area contributed by atoms with Gasteiger partial charge < -0.3 is 19.2 Å². The molecule has 0 saturated carbocycles. The zero-order valence-corrected chi connectivity index (χ0v) is 11.8. The van der Waals surface area contributed by atoms with Crippen LogP contribution in [0.15, 0.2) is 34.7 Å². The number of ether oxygens (including phenoxy) is 2. The Hall–Kier alpha value is -1.94.